The third kappa shape index (κ3) is 2.56. The van der Waals surface area contributed by atoms with Crippen LogP contribution in [-0.4, -0.2) is 14.7 Å². The highest BCUT2D eigenvalue weighted by Crippen LogP contribution is 2.21. The van der Waals surface area contributed by atoms with E-state index in [0.29, 0.717) is 5.82 Å². The van der Waals surface area contributed by atoms with Gasteiger partial charge < -0.3 is 9.67 Å². The molecule has 0 radical (unpaired) electrons. The molecule has 0 spiro atoms. The molecule has 0 aliphatic heterocycles. The van der Waals surface area contributed by atoms with E-state index in [0.717, 1.165) is 18.4 Å². The second-order valence-electron chi connectivity index (χ2n) is 4.29. The number of aliphatic hydroxyl groups is 1. The zero-order valence-electron chi connectivity index (χ0n) is 10.3. The fourth-order valence-electron chi connectivity index (χ4n) is 2.00. The molecule has 1 atom stereocenters. The van der Waals surface area contributed by atoms with Gasteiger partial charge in [-0.3, -0.25) is 0 Å². The summed E-state index contributed by atoms with van der Waals surface area (Å²) in [5.74, 6) is 0.679. The zero-order valence-corrected chi connectivity index (χ0v) is 10.3. The molecule has 3 heteroatoms. The SMILES string of the molecule is CCCc1cccc(C(O)c2nccn2C)c1. The molecule has 0 amide bonds. The first kappa shape index (κ1) is 11.9. The minimum atomic E-state index is -0.646. The Balaban J connectivity index is 2.28. The maximum atomic E-state index is 10.3. The molecule has 0 aliphatic carbocycles. The van der Waals surface area contributed by atoms with Crippen LogP contribution in [0.1, 0.15) is 36.4 Å². The van der Waals surface area contributed by atoms with E-state index in [-0.39, 0.29) is 0 Å². The van der Waals surface area contributed by atoms with Crippen LogP contribution in [0.5, 0.6) is 0 Å². The zero-order chi connectivity index (χ0) is 12.3. The normalized spacial score (nSPS) is 12.6. The van der Waals surface area contributed by atoms with Crippen LogP contribution in [0.25, 0.3) is 0 Å². The number of hydrogen-bond acceptors (Lipinski definition) is 2. The van der Waals surface area contributed by atoms with E-state index in [1.807, 2.05) is 29.9 Å². The van der Waals surface area contributed by atoms with Crippen molar-refractivity contribution in [1.82, 2.24) is 9.55 Å². The highest BCUT2D eigenvalue weighted by Gasteiger charge is 2.14. The van der Waals surface area contributed by atoms with Crippen molar-refractivity contribution in [2.75, 3.05) is 0 Å². The van der Waals surface area contributed by atoms with Gasteiger partial charge in [0.25, 0.3) is 0 Å². The number of aliphatic hydroxyl groups excluding tert-OH is 1. The molecular formula is C14H18N2O. The number of benzene rings is 1. The number of nitrogens with zero attached hydrogens (tertiary/aromatic N) is 2. The van der Waals surface area contributed by atoms with E-state index in [1.165, 1.54) is 5.56 Å². The second kappa shape index (κ2) is 5.15. The maximum Gasteiger partial charge on any atom is 0.142 e. The quantitative estimate of drug-likeness (QED) is 0.876. The smallest absolute Gasteiger partial charge is 0.142 e. The van der Waals surface area contributed by atoms with Crippen molar-refractivity contribution >= 4 is 0 Å². The minimum Gasteiger partial charge on any atom is -0.380 e. The van der Waals surface area contributed by atoms with Gasteiger partial charge in [-0.25, -0.2) is 4.98 Å². The average molecular weight is 230 g/mol. The van der Waals surface area contributed by atoms with Gasteiger partial charge in [0.15, 0.2) is 0 Å². The van der Waals surface area contributed by atoms with Crippen LogP contribution < -0.4 is 0 Å². The number of aryl methyl sites for hydroxylation is 2. The lowest BCUT2D eigenvalue weighted by atomic mass is 10.0. The van der Waals surface area contributed by atoms with Gasteiger partial charge in [-0.2, -0.15) is 0 Å². The molecule has 0 aliphatic rings. The summed E-state index contributed by atoms with van der Waals surface area (Å²) < 4.78 is 1.84. The first-order valence-electron chi connectivity index (χ1n) is 5.96. The van der Waals surface area contributed by atoms with Crippen LogP contribution >= 0.6 is 0 Å². The number of imidazole rings is 1. The molecule has 1 aromatic carbocycles. The standard InChI is InChI=1S/C14H18N2O/c1-3-5-11-6-4-7-12(10-11)13(17)14-15-8-9-16(14)2/h4,6-10,13,17H,3,5H2,1-2H3. The van der Waals surface area contributed by atoms with E-state index in [1.54, 1.807) is 6.20 Å². The maximum absolute atomic E-state index is 10.3. The molecule has 0 saturated carbocycles. The molecule has 1 aromatic heterocycles. The summed E-state index contributed by atoms with van der Waals surface area (Å²) >= 11 is 0. The van der Waals surface area contributed by atoms with Gasteiger partial charge in [0, 0.05) is 19.4 Å². The minimum absolute atomic E-state index is 0.646. The van der Waals surface area contributed by atoms with E-state index >= 15 is 0 Å². The monoisotopic (exact) mass is 230 g/mol. The van der Waals surface area contributed by atoms with E-state index in [2.05, 4.69) is 24.0 Å². The predicted molar refractivity (Wildman–Crippen MR) is 67.7 cm³/mol. The summed E-state index contributed by atoms with van der Waals surface area (Å²) in [5, 5.41) is 10.3. The Bertz CT molecular complexity index is 490. The molecular weight excluding hydrogens is 212 g/mol. The van der Waals surface area contributed by atoms with Crippen LogP contribution in [0, 0.1) is 0 Å². The lowest BCUT2D eigenvalue weighted by Crippen LogP contribution is -2.07. The van der Waals surface area contributed by atoms with E-state index < -0.39 is 6.10 Å². The van der Waals surface area contributed by atoms with Crippen LogP contribution in [0.4, 0.5) is 0 Å². The van der Waals surface area contributed by atoms with Gasteiger partial charge in [0.2, 0.25) is 0 Å². The van der Waals surface area contributed by atoms with Crippen molar-refractivity contribution < 1.29 is 5.11 Å². The Morgan fingerprint density at radius 3 is 2.88 bits per heavy atom. The molecule has 2 aromatic rings. The Kier molecular flexibility index (Phi) is 3.59. The second-order valence-corrected chi connectivity index (χ2v) is 4.29. The highest BCUT2D eigenvalue weighted by atomic mass is 16.3. The fourth-order valence-corrected chi connectivity index (χ4v) is 2.00. The van der Waals surface area contributed by atoms with Gasteiger partial charge in [-0.1, -0.05) is 37.6 Å². The first-order valence-corrected chi connectivity index (χ1v) is 5.96. The van der Waals surface area contributed by atoms with Gasteiger partial charge in [0.1, 0.15) is 11.9 Å². The highest BCUT2D eigenvalue weighted by molar-refractivity contribution is 5.28. The third-order valence-electron chi connectivity index (χ3n) is 2.91. The molecule has 1 unspecified atom stereocenters. The summed E-state index contributed by atoms with van der Waals surface area (Å²) in [6, 6.07) is 8.09. The van der Waals surface area contributed by atoms with Crippen molar-refractivity contribution in [3.63, 3.8) is 0 Å². The molecule has 90 valence electrons. The van der Waals surface area contributed by atoms with Crippen LogP contribution in [0.2, 0.25) is 0 Å². The molecule has 1 heterocycles. The Hall–Kier alpha value is -1.61. The summed E-state index contributed by atoms with van der Waals surface area (Å²) in [6.07, 6.45) is 5.05. The average Bonchev–Trinajstić information content (AvgIpc) is 2.75. The molecule has 2 rings (SSSR count). The first-order chi connectivity index (χ1) is 8.22. The molecule has 3 nitrogen and oxygen atoms in total. The van der Waals surface area contributed by atoms with Crippen molar-refractivity contribution in [1.29, 1.82) is 0 Å². The summed E-state index contributed by atoms with van der Waals surface area (Å²) in [6.45, 7) is 2.15. The Morgan fingerprint density at radius 2 is 2.24 bits per heavy atom. The molecule has 1 N–H and O–H groups in total. The van der Waals surface area contributed by atoms with Gasteiger partial charge >= 0.3 is 0 Å². The predicted octanol–water partition coefficient (Wildman–Crippen LogP) is 2.45. The van der Waals surface area contributed by atoms with E-state index in [4.69, 9.17) is 0 Å². The lowest BCUT2D eigenvalue weighted by Gasteiger charge is -2.12. The number of rotatable bonds is 4. The van der Waals surface area contributed by atoms with Crippen LogP contribution in [-0.2, 0) is 13.5 Å². The molecule has 0 fully saturated rings. The molecule has 17 heavy (non-hydrogen) atoms. The summed E-state index contributed by atoms with van der Waals surface area (Å²) in [7, 11) is 1.89. The van der Waals surface area contributed by atoms with Crippen molar-refractivity contribution in [3.8, 4) is 0 Å². The summed E-state index contributed by atoms with van der Waals surface area (Å²) in [4.78, 5) is 4.18. The van der Waals surface area contributed by atoms with Crippen molar-refractivity contribution in [2.24, 2.45) is 7.05 Å². The third-order valence-corrected chi connectivity index (χ3v) is 2.91. The van der Waals surface area contributed by atoms with Crippen LogP contribution in [0.15, 0.2) is 36.7 Å². The van der Waals surface area contributed by atoms with Gasteiger partial charge in [-0.15, -0.1) is 0 Å². The van der Waals surface area contributed by atoms with Gasteiger partial charge in [-0.05, 0) is 17.5 Å². The fraction of sp³-hybridized carbons (Fsp3) is 0.357. The number of hydrogen-bond donors (Lipinski definition) is 1. The van der Waals surface area contributed by atoms with Crippen molar-refractivity contribution in [3.05, 3.63) is 53.6 Å². The lowest BCUT2D eigenvalue weighted by molar-refractivity contribution is 0.206. The topological polar surface area (TPSA) is 38.1 Å². The Morgan fingerprint density at radius 1 is 1.41 bits per heavy atom. The van der Waals surface area contributed by atoms with E-state index in [9.17, 15) is 5.11 Å². The summed E-state index contributed by atoms with van der Waals surface area (Å²) in [5.41, 5.74) is 2.17. The Labute approximate surface area is 102 Å². The molecule has 0 saturated heterocycles. The van der Waals surface area contributed by atoms with Crippen molar-refractivity contribution in [2.45, 2.75) is 25.9 Å². The molecule has 0 bridgehead atoms. The largest absolute Gasteiger partial charge is 0.380 e. The number of aromatic nitrogens is 2. The van der Waals surface area contributed by atoms with Gasteiger partial charge in [0.05, 0.1) is 0 Å². The van der Waals surface area contributed by atoms with Crippen LogP contribution in [0.3, 0.4) is 0 Å².